The highest BCUT2D eigenvalue weighted by atomic mass is 35.5. The van der Waals surface area contributed by atoms with E-state index in [2.05, 4.69) is 4.98 Å². The zero-order valence-corrected chi connectivity index (χ0v) is 19.6. The maximum Gasteiger partial charge on any atom is 0.228 e. The minimum absolute atomic E-state index is 0.0455. The number of benzene rings is 2. The number of hydrogen-bond acceptors (Lipinski definition) is 6. The van der Waals surface area contributed by atoms with Crippen LogP contribution in [0.25, 0.3) is 10.2 Å². The number of halogens is 2. The van der Waals surface area contributed by atoms with Crippen LogP contribution in [0.3, 0.4) is 0 Å². The van der Waals surface area contributed by atoms with Gasteiger partial charge in [-0.2, -0.15) is 0 Å². The van der Waals surface area contributed by atoms with E-state index in [1.165, 1.54) is 23.5 Å². The highest BCUT2D eigenvalue weighted by Crippen LogP contribution is 2.32. The average molecular weight is 497 g/mol. The highest BCUT2D eigenvalue weighted by Gasteiger charge is 2.26. The van der Waals surface area contributed by atoms with E-state index in [1.54, 1.807) is 11.0 Å². The Morgan fingerprint density at radius 3 is 2.75 bits per heavy atom. The first-order valence-electron chi connectivity index (χ1n) is 10.3. The van der Waals surface area contributed by atoms with Crippen molar-refractivity contribution in [3.05, 3.63) is 53.3 Å². The van der Waals surface area contributed by atoms with E-state index >= 15 is 0 Å². The van der Waals surface area contributed by atoms with Gasteiger partial charge in [0.25, 0.3) is 0 Å². The molecule has 1 amide bonds. The Morgan fingerprint density at radius 2 is 2.03 bits per heavy atom. The third kappa shape index (κ3) is 5.46. The number of nitrogens with zero attached hydrogens (tertiary/aromatic N) is 2. The number of thiazole rings is 1. The molecule has 2 heterocycles. The second-order valence-electron chi connectivity index (χ2n) is 7.62. The van der Waals surface area contributed by atoms with Crippen molar-refractivity contribution in [3.8, 4) is 0 Å². The molecular formula is C22H22ClFN2O4S2. The number of rotatable bonds is 8. The van der Waals surface area contributed by atoms with Crippen LogP contribution < -0.4 is 4.90 Å². The number of carbonyl (C=O) groups is 1. The minimum atomic E-state index is -3.60. The Balaban J connectivity index is 1.47. The van der Waals surface area contributed by atoms with Gasteiger partial charge in [0.2, 0.25) is 5.91 Å². The van der Waals surface area contributed by atoms with E-state index in [9.17, 15) is 17.6 Å². The zero-order valence-electron chi connectivity index (χ0n) is 17.2. The molecule has 0 bridgehead atoms. The second kappa shape index (κ2) is 9.82. The molecule has 0 unspecified atom stereocenters. The first-order chi connectivity index (χ1) is 15.3. The summed E-state index contributed by atoms with van der Waals surface area (Å²) >= 11 is 7.45. The summed E-state index contributed by atoms with van der Waals surface area (Å²) in [7, 11) is -3.60. The Bertz CT molecular complexity index is 1210. The smallest absolute Gasteiger partial charge is 0.228 e. The molecule has 3 aromatic rings. The van der Waals surface area contributed by atoms with E-state index < -0.39 is 15.7 Å². The van der Waals surface area contributed by atoms with Gasteiger partial charge < -0.3 is 4.74 Å². The summed E-state index contributed by atoms with van der Waals surface area (Å²) in [5.74, 6) is -0.908. The third-order valence-corrected chi connectivity index (χ3v) is 8.35. The lowest BCUT2D eigenvalue weighted by Gasteiger charge is -2.23. The van der Waals surface area contributed by atoms with Crippen molar-refractivity contribution in [2.75, 3.05) is 23.8 Å². The SMILES string of the molecule is O=C(CCCS(=O)(=O)c1ccc(F)cc1)N(C[C@H]1CCCO1)c1nc2ccc(Cl)cc2s1. The van der Waals surface area contributed by atoms with Gasteiger partial charge >= 0.3 is 0 Å². The van der Waals surface area contributed by atoms with Crippen LogP contribution in [0.2, 0.25) is 5.02 Å². The molecule has 32 heavy (non-hydrogen) atoms. The number of hydrogen-bond donors (Lipinski definition) is 0. The van der Waals surface area contributed by atoms with Crippen LogP contribution in [-0.4, -0.2) is 44.3 Å². The van der Waals surface area contributed by atoms with Gasteiger partial charge in [0.05, 0.1) is 33.5 Å². The largest absolute Gasteiger partial charge is 0.376 e. The Kier molecular flexibility index (Phi) is 7.09. The maximum absolute atomic E-state index is 13.1. The fraction of sp³-hybridized carbons (Fsp3) is 0.364. The molecule has 0 saturated carbocycles. The first kappa shape index (κ1) is 23.1. The van der Waals surface area contributed by atoms with Gasteiger partial charge in [0, 0.05) is 18.1 Å². The van der Waals surface area contributed by atoms with Gasteiger partial charge in [-0.15, -0.1) is 0 Å². The monoisotopic (exact) mass is 496 g/mol. The summed E-state index contributed by atoms with van der Waals surface area (Å²) < 4.78 is 44.7. The van der Waals surface area contributed by atoms with Crippen LogP contribution in [0, 0.1) is 5.82 Å². The van der Waals surface area contributed by atoms with Gasteiger partial charge in [0.1, 0.15) is 5.82 Å². The fourth-order valence-electron chi connectivity index (χ4n) is 3.59. The van der Waals surface area contributed by atoms with Gasteiger partial charge in [0.15, 0.2) is 15.0 Å². The Hall–Kier alpha value is -2.07. The predicted molar refractivity (Wildman–Crippen MR) is 124 cm³/mol. The summed E-state index contributed by atoms with van der Waals surface area (Å²) in [6.07, 6.45) is 1.93. The molecule has 10 heteroatoms. The van der Waals surface area contributed by atoms with Crippen LogP contribution in [0.5, 0.6) is 0 Å². The summed E-state index contributed by atoms with van der Waals surface area (Å²) in [5.41, 5.74) is 0.749. The molecule has 1 aliphatic heterocycles. The minimum Gasteiger partial charge on any atom is -0.376 e. The molecule has 4 rings (SSSR count). The van der Waals surface area contributed by atoms with Crippen molar-refractivity contribution >= 4 is 54.0 Å². The van der Waals surface area contributed by atoms with Crippen molar-refractivity contribution < 1.29 is 22.3 Å². The Morgan fingerprint density at radius 1 is 1.25 bits per heavy atom. The molecule has 2 aromatic carbocycles. The average Bonchev–Trinajstić information content (AvgIpc) is 3.41. The van der Waals surface area contributed by atoms with Crippen molar-refractivity contribution in [3.63, 3.8) is 0 Å². The van der Waals surface area contributed by atoms with Crippen LogP contribution in [-0.2, 0) is 19.4 Å². The van der Waals surface area contributed by atoms with Crippen LogP contribution in [0.15, 0.2) is 47.4 Å². The molecule has 1 aromatic heterocycles. The molecule has 6 nitrogen and oxygen atoms in total. The molecule has 1 fully saturated rings. The molecular weight excluding hydrogens is 475 g/mol. The molecule has 170 valence electrons. The number of fused-ring (bicyclic) bond motifs is 1. The van der Waals surface area contributed by atoms with Crippen LogP contribution in [0.4, 0.5) is 9.52 Å². The summed E-state index contributed by atoms with van der Waals surface area (Å²) in [6.45, 7) is 1.04. The topological polar surface area (TPSA) is 76.6 Å². The summed E-state index contributed by atoms with van der Waals surface area (Å²) in [5, 5.41) is 1.14. The molecule has 0 N–H and O–H groups in total. The molecule has 0 spiro atoms. The van der Waals surface area contributed by atoms with E-state index in [1.807, 2.05) is 12.1 Å². The van der Waals surface area contributed by atoms with Gasteiger partial charge in [-0.05, 0) is 61.7 Å². The van der Waals surface area contributed by atoms with Crippen molar-refractivity contribution in [2.45, 2.75) is 36.7 Å². The van der Waals surface area contributed by atoms with Gasteiger partial charge in [-0.3, -0.25) is 9.69 Å². The normalized spacial score (nSPS) is 16.5. The molecule has 0 aliphatic carbocycles. The number of ether oxygens (including phenoxy) is 1. The summed E-state index contributed by atoms with van der Waals surface area (Å²) in [6, 6.07) is 10.1. The van der Waals surface area contributed by atoms with E-state index in [0.29, 0.717) is 23.3 Å². The van der Waals surface area contributed by atoms with E-state index in [-0.39, 0.29) is 35.5 Å². The summed E-state index contributed by atoms with van der Waals surface area (Å²) in [4.78, 5) is 19.3. The predicted octanol–water partition coefficient (Wildman–Crippen LogP) is 4.85. The first-order valence-corrected chi connectivity index (χ1v) is 13.1. The standard InChI is InChI=1S/C22H22ClFN2O4S2/c23-15-5-10-19-20(13-15)31-22(25-19)26(14-17-3-1-11-30-17)21(27)4-2-12-32(28,29)18-8-6-16(24)7-9-18/h5-10,13,17H,1-4,11-12,14H2/t17-/m1/s1. The van der Waals surface area contributed by atoms with Crippen molar-refractivity contribution in [1.29, 1.82) is 0 Å². The lowest BCUT2D eigenvalue weighted by molar-refractivity contribution is -0.119. The molecule has 1 aliphatic rings. The molecule has 0 radical (unpaired) electrons. The number of carbonyl (C=O) groups excluding carboxylic acids is 1. The fourth-order valence-corrected chi connectivity index (χ4v) is 6.17. The maximum atomic E-state index is 13.1. The molecule has 1 saturated heterocycles. The van der Waals surface area contributed by atoms with Crippen molar-refractivity contribution in [1.82, 2.24) is 4.98 Å². The van der Waals surface area contributed by atoms with Crippen LogP contribution >= 0.6 is 22.9 Å². The second-order valence-corrected chi connectivity index (χ2v) is 11.2. The van der Waals surface area contributed by atoms with Gasteiger partial charge in [-0.1, -0.05) is 22.9 Å². The quantitative estimate of drug-likeness (QED) is 0.416. The number of amides is 1. The van der Waals surface area contributed by atoms with Crippen molar-refractivity contribution in [2.24, 2.45) is 0 Å². The highest BCUT2D eigenvalue weighted by molar-refractivity contribution is 7.91. The number of sulfone groups is 1. The Labute approximate surface area is 194 Å². The van der Waals surface area contributed by atoms with Crippen LogP contribution in [0.1, 0.15) is 25.7 Å². The third-order valence-electron chi connectivity index (χ3n) is 5.26. The molecule has 1 atom stereocenters. The zero-order chi connectivity index (χ0) is 22.7. The number of aromatic nitrogens is 1. The number of anilines is 1. The lowest BCUT2D eigenvalue weighted by Crippen LogP contribution is -2.37. The van der Waals surface area contributed by atoms with E-state index in [4.69, 9.17) is 16.3 Å². The van der Waals surface area contributed by atoms with Gasteiger partial charge in [-0.25, -0.2) is 17.8 Å². The van der Waals surface area contributed by atoms with E-state index in [0.717, 1.165) is 35.2 Å². The lowest BCUT2D eigenvalue weighted by atomic mass is 10.2.